The SMILES string of the molecule is CCn1cc(Br)cc1C(=O)NCc1ccc(C)o1. The number of hydrogen-bond donors (Lipinski definition) is 1. The van der Waals surface area contributed by atoms with E-state index in [2.05, 4.69) is 21.2 Å². The minimum absolute atomic E-state index is 0.100. The van der Waals surface area contributed by atoms with Gasteiger partial charge in [0.15, 0.2) is 0 Å². The monoisotopic (exact) mass is 310 g/mol. The smallest absolute Gasteiger partial charge is 0.268 e. The first-order valence-corrected chi connectivity index (χ1v) is 6.58. The molecule has 0 saturated heterocycles. The normalized spacial score (nSPS) is 10.6. The van der Waals surface area contributed by atoms with Crippen LogP contribution in [0.1, 0.15) is 28.9 Å². The first-order valence-electron chi connectivity index (χ1n) is 5.79. The molecular weight excluding hydrogens is 296 g/mol. The molecule has 2 rings (SSSR count). The molecule has 2 heterocycles. The Morgan fingerprint density at radius 1 is 1.50 bits per heavy atom. The van der Waals surface area contributed by atoms with Gasteiger partial charge in [0.2, 0.25) is 0 Å². The molecule has 2 aromatic rings. The molecule has 0 saturated carbocycles. The molecule has 0 aliphatic rings. The van der Waals surface area contributed by atoms with E-state index in [1.165, 1.54) is 0 Å². The average molecular weight is 311 g/mol. The topological polar surface area (TPSA) is 47.2 Å². The summed E-state index contributed by atoms with van der Waals surface area (Å²) in [6.07, 6.45) is 1.89. The lowest BCUT2D eigenvalue weighted by Gasteiger charge is -2.06. The maximum absolute atomic E-state index is 12.0. The van der Waals surface area contributed by atoms with Crippen LogP contribution in [0.25, 0.3) is 0 Å². The van der Waals surface area contributed by atoms with Crippen LogP contribution in [0.15, 0.2) is 33.3 Å². The summed E-state index contributed by atoms with van der Waals surface area (Å²) in [5.74, 6) is 1.50. The highest BCUT2D eigenvalue weighted by Gasteiger charge is 2.12. The largest absolute Gasteiger partial charge is 0.465 e. The number of aromatic nitrogens is 1. The number of halogens is 1. The highest BCUT2D eigenvalue weighted by Crippen LogP contribution is 2.15. The Labute approximate surface area is 114 Å². The van der Waals surface area contributed by atoms with Gasteiger partial charge in [-0.05, 0) is 48.0 Å². The molecule has 0 aromatic carbocycles. The second-order valence-corrected chi connectivity index (χ2v) is 4.94. The summed E-state index contributed by atoms with van der Waals surface area (Å²) < 4.78 is 8.20. The van der Waals surface area contributed by atoms with Crippen LogP contribution in [0, 0.1) is 6.92 Å². The van der Waals surface area contributed by atoms with E-state index in [1.807, 2.05) is 42.8 Å². The van der Waals surface area contributed by atoms with E-state index in [4.69, 9.17) is 4.42 Å². The Bertz CT molecular complexity index is 557. The summed E-state index contributed by atoms with van der Waals surface area (Å²) in [6, 6.07) is 5.56. The van der Waals surface area contributed by atoms with Gasteiger partial charge in [-0.25, -0.2) is 0 Å². The predicted molar refractivity (Wildman–Crippen MR) is 72.4 cm³/mol. The Morgan fingerprint density at radius 3 is 2.89 bits per heavy atom. The molecule has 0 spiro atoms. The number of hydrogen-bond acceptors (Lipinski definition) is 2. The van der Waals surface area contributed by atoms with Gasteiger partial charge < -0.3 is 14.3 Å². The van der Waals surface area contributed by atoms with Crippen molar-refractivity contribution in [3.05, 3.63) is 46.1 Å². The van der Waals surface area contributed by atoms with Gasteiger partial charge in [0, 0.05) is 17.2 Å². The first-order chi connectivity index (χ1) is 8.60. The fourth-order valence-corrected chi connectivity index (χ4v) is 2.23. The number of nitrogens with zero attached hydrogens (tertiary/aromatic N) is 1. The Balaban J connectivity index is 2.03. The van der Waals surface area contributed by atoms with Crippen LogP contribution in [0.3, 0.4) is 0 Å². The van der Waals surface area contributed by atoms with E-state index < -0.39 is 0 Å². The number of carbonyl (C=O) groups is 1. The number of furan rings is 1. The van der Waals surface area contributed by atoms with Gasteiger partial charge >= 0.3 is 0 Å². The lowest BCUT2D eigenvalue weighted by atomic mass is 10.3. The molecule has 0 radical (unpaired) electrons. The highest BCUT2D eigenvalue weighted by molar-refractivity contribution is 9.10. The minimum atomic E-state index is -0.100. The number of aryl methyl sites for hydroxylation is 2. The third-order valence-corrected chi connectivity index (χ3v) is 3.09. The summed E-state index contributed by atoms with van der Waals surface area (Å²) in [4.78, 5) is 12.0. The van der Waals surface area contributed by atoms with E-state index in [-0.39, 0.29) is 5.91 Å². The van der Waals surface area contributed by atoms with Crippen molar-refractivity contribution in [1.82, 2.24) is 9.88 Å². The van der Waals surface area contributed by atoms with E-state index >= 15 is 0 Å². The van der Waals surface area contributed by atoms with Crippen LogP contribution in [-0.4, -0.2) is 10.5 Å². The molecule has 0 aliphatic heterocycles. The van der Waals surface area contributed by atoms with Crippen molar-refractivity contribution in [2.75, 3.05) is 0 Å². The fraction of sp³-hybridized carbons (Fsp3) is 0.308. The minimum Gasteiger partial charge on any atom is -0.465 e. The van der Waals surface area contributed by atoms with Crippen molar-refractivity contribution >= 4 is 21.8 Å². The molecular formula is C13H15BrN2O2. The maximum atomic E-state index is 12.0. The fourth-order valence-electron chi connectivity index (χ4n) is 1.76. The zero-order valence-electron chi connectivity index (χ0n) is 10.4. The first kappa shape index (κ1) is 13.0. The van der Waals surface area contributed by atoms with Crippen molar-refractivity contribution in [3.8, 4) is 0 Å². The third kappa shape index (κ3) is 2.85. The lowest BCUT2D eigenvalue weighted by Crippen LogP contribution is -2.25. The van der Waals surface area contributed by atoms with Crippen LogP contribution in [0.2, 0.25) is 0 Å². The average Bonchev–Trinajstić information content (AvgIpc) is 2.92. The number of carbonyl (C=O) groups excluding carboxylic acids is 1. The molecule has 0 aliphatic carbocycles. The van der Waals surface area contributed by atoms with Crippen molar-refractivity contribution in [1.29, 1.82) is 0 Å². The zero-order chi connectivity index (χ0) is 13.1. The number of amides is 1. The molecule has 96 valence electrons. The van der Waals surface area contributed by atoms with E-state index in [0.717, 1.165) is 22.5 Å². The molecule has 4 nitrogen and oxygen atoms in total. The molecule has 5 heteroatoms. The predicted octanol–water partition coefficient (Wildman–Crippen LogP) is 3.10. The van der Waals surface area contributed by atoms with Crippen molar-refractivity contribution in [3.63, 3.8) is 0 Å². The standard InChI is InChI=1S/C13H15BrN2O2/c1-3-16-8-10(14)6-12(16)13(17)15-7-11-5-4-9(2)18-11/h4-6,8H,3,7H2,1-2H3,(H,15,17). The van der Waals surface area contributed by atoms with Gasteiger partial charge in [0.25, 0.3) is 5.91 Å². The van der Waals surface area contributed by atoms with Gasteiger partial charge in [-0.1, -0.05) is 0 Å². The van der Waals surface area contributed by atoms with Gasteiger partial charge in [-0.15, -0.1) is 0 Å². The van der Waals surface area contributed by atoms with Crippen LogP contribution in [-0.2, 0) is 13.1 Å². The second kappa shape index (κ2) is 5.44. The van der Waals surface area contributed by atoms with Crippen LogP contribution in [0.5, 0.6) is 0 Å². The van der Waals surface area contributed by atoms with Crippen molar-refractivity contribution in [2.45, 2.75) is 26.9 Å². The molecule has 0 unspecified atom stereocenters. The summed E-state index contributed by atoms with van der Waals surface area (Å²) in [7, 11) is 0. The van der Waals surface area contributed by atoms with Gasteiger partial charge in [-0.3, -0.25) is 4.79 Å². The zero-order valence-corrected chi connectivity index (χ0v) is 12.0. The molecule has 0 fully saturated rings. The Morgan fingerprint density at radius 2 is 2.28 bits per heavy atom. The number of rotatable bonds is 4. The Kier molecular flexibility index (Phi) is 3.91. The van der Waals surface area contributed by atoms with E-state index in [1.54, 1.807) is 0 Å². The van der Waals surface area contributed by atoms with Gasteiger partial charge in [-0.2, -0.15) is 0 Å². The van der Waals surface area contributed by atoms with E-state index in [0.29, 0.717) is 12.2 Å². The highest BCUT2D eigenvalue weighted by atomic mass is 79.9. The molecule has 0 atom stereocenters. The summed E-state index contributed by atoms with van der Waals surface area (Å²) in [5, 5.41) is 2.84. The molecule has 1 amide bonds. The molecule has 1 N–H and O–H groups in total. The summed E-state index contributed by atoms with van der Waals surface area (Å²) >= 11 is 3.37. The van der Waals surface area contributed by atoms with Crippen molar-refractivity contribution in [2.24, 2.45) is 0 Å². The molecule has 2 aromatic heterocycles. The van der Waals surface area contributed by atoms with Gasteiger partial charge in [0.1, 0.15) is 17.2 Å². The second-order valence-electron chi connectivity index (χ2n) is 4.02. The molecule has 18 heavy (non-hydrogen) atoms. The van der Waals surface area contributed by atoms with Crippen LogP contribution < -0.4 is 5.32 Å². The Hall–Kier alpha value is -1.49. The third-order valence-electron chi connectivity index (χ3n) is 2.66. The molecule has 0 bridgehead atoms. The van der Waals surface area contributed by atoms with Crippen molar-refractivity contribution < 1.29 is 9.21 Å². The number of nitrogens with one attached hydrogen (secondary N) is 1. The summed E-state index contributed by atoms with van der Waals surface area (Å²) in [5.41, 5.74) is 0.646. The quantitative estimate of drug-likeness (QED) is 0.943. The van der Waals surface area contributed by atoms with Crippen LogP contribution in [0.4, 0.5) is 0 Å². The van der Waals surface area contributed by atoms with Crippen LogP contribution >= 0.6 is 15.9 Å². The maximum Gasteiger partial charge on any atom is 0.268 e. The lowest BCUT2D eigenvalue weighted by molar-refractivity contribution is 0.0938. The van der Waals surface area contributed by atoms with Gasteiger partial charge in [0.05, 0.1) is 6.54 Å². The van der Waals surface area contributed by atoms with E-state index in [9.17, 15) is 4.79 Å². The summed E-state index contributed by atoms with van der Waals surface area (Å²) in [6.45, 7) is 5.04.